The topological polar surface area (TPSA) is 94.6 Å². The fourth-order valence-electron chi connectivity index (χ4n) is 2.73. The number of fused-ring (bicyclic) bond motifs is 1. The molecule has 28 heavy (non-hydrogen) atoms. The summed E-state index contributed by atoms with van der Waals surface area (Å²) in [6.45, 7) is 0.829. The zero-order valence-corrected chi connectivity index (χ0v) is 15.1. The lowest BCUT2D eigenvalue weighted by Crippen LogP contribution is -2.05. The number of carbonyl (C=O) groups is 1. The largest absolute Gasteiger partial charge is 0.465 e. The molecule has 8 nitrogen and oxygen atoms in total. The Morgan fingerprint density at radius 1 is 1.14 bits per heavy atom. The number of hydrogen-bond acceptors (Lipinski definition) is 8. The Morgan fingerprint density at radius 3 is 2.93 bits per heavy atom. The summed E-state index contributed by atoms with van der Waals surface area (Å²) in [6, 6.07) is 14.5. The van der Waals surface area contributed by atoms with Crippen LogP contribution >= 0.6 is 0 Å². The zero-order chi connectivity index (χ0) is 19.3. The summed E-state index contributed by atoms with van der Waals surface area (Å²) in [5, 5.41) is 6.34. The molecule has 2 N–H and O–H groups in total. The van der Waals surface area contributed by atoms with Gasteiger partial charge in [0.2, 0.25) is 12.7 Å². The van der Waals surface area contributed by atoms with Gasteiger partial charge in [0.1, 0.15) is 5.82 Å². The van der Waals surface area contributed by atoms with Crippen LogP contribution in [0.2, 0.25) is 0 Å². The van der Waals surface area contributed by atoms with Crippen LogP contribution in [0.3, 0.4) is 0 Å². The third-order valence-corrected chi connectivity index (χ3v) is 4.11. The van der Waals surface area contributed by atoms with Crippen molar-refractivity contribution in [2.75, 3.05) is 24.5 Å². The van der Waals surface area contributed by atoms with E-state index in [2.05, 4.69) is 20.6 Å². The number of esters is 1. The van der Waals surface area contributed by atoms with Crippen LogP contribution in [0.5, 0.6) is 11.5 Å². The first-order valence-corrected chi connectivity index (χ1v) is 8.62. The van der Waals surface area contributed by atoms with Crippen LogP contribution in [0.15, 0.2) is 54.7 Å². The van der Waals surface area contributed by atoms with Crippen molar-refractivity contribution >= 4 is 23.4 Å². The van der Waals surface area contributed by atoms with Crippen LogP contribution in [0.25, 0.3) is 0 Å². The number of carbonyl (C=O) groups excluding carboxylic acids is 1. The smallest absolute Gasteiger partial charge is 0.337 e. The van der Waals surface area contributed by atoms with Crippen LogP contribution < -0.4 is 20.1 Å². The molecular weight excluding hydrogens is 360 g/mol. The maximum absolute atomic E-state index is 11.7. The number of ether oxygens (including phenoxy) is 3. The first-order valence-electron chi connectivity index (χ1n) is 8.62. The molecule has 1 aliphatic heterocycles. The predicted octanol–water partition coefficient (Wildman–Crippen LogP) is 3.35. The Labute approximate surface area is 161 Å². The molecule has 1 aliphatic rings. The number of hydrogen-bond donors (Lipinski definition) is 2. The van der Waals surface area contributed by atoms with Gasteiger partial charge in [-0.1, -0.05) is 12.1 Å². The third kappa shape index (κ3) is 3.96. The Bertz CT molecular complexity index is 1010. The molecule has 2 heterocycles. The SMILES string of the molecule is COC(=O)c1cccc(Nc2nccc(NCc3ccc4c(c3)OCO4)n2)c1. The average molecular weight is 378 g/mol. The van der Waals surface area contributed by atoms with E-state index in [4.69, 9.17) is 14.2 Å². The zero-order valence-electron chi connectivity index (χ0n) is 15.1. The Morgan fingerprint density at radius 2 is 2.04 bits per heavy atom. The van der Waals surface area contributed by atoms with Crippen LogP contribution in [0, 0.1) is 0 Å². The molecule has 0 amide bonds. The molecule has 4 rings (SSSR count). The predicted molar refractivity (Wildman–Crippen MR) is 103 cm³/mol. The standard InChI is InChI=1S/C20H18N4O4/c1-26-19(25)14-3-2-4-15(10-14)23-20-21-8-7-18(24-20)22-11-13-5-6-16-17(9-13)28-12-27-16/h2-10H,11-12H2,1H3,(H2,21,22,23,24). The van der Waals surface area contributed by atoms with Crippen molar-refractivity contribution in [1.29, 1.82) is 0 Å². The molecule has 0 fully saturated rings. The molecule has 0 spiro atoms. The van der Waals surface area contributed by atoms with Crippen molar-refractivity contribution in [3.63, 3.8) is 0 Å². The van der Waals surface area contributed by atoms with E-state index in [0.29, 0.717) is 29.6 Å². The molecule has 1 aromatic heterocycles. The number of methoxy groups -OCH3 is 1. The molecule has 0 saturated heterocycles. The van der Waals surface area contributed by atoms with Crippen LogP contribution in [0.4, 0.5) is 17.5 Å². The first kappa shape index (κ1) is 17.6. The fraction of sp³-hybridized carbons (Fsp3) is 0.150. The lowest BCUT2D eigenvalue weighted by atomic mass is 10.2. The number of benzene rings is 2. The summed E-state index contributed by atoms with van der Waals surface area (Å²) < 4.78 is 15.4. The minimum absolute atomic E-state index is 0.254. The Kier molecular flexibility index (Phi) is 4.92. The lowest BCUT2D eigenvalue weighted by molar-refractivity contribution is 0.0601. The van der Waals surface area contributed by atoms with Crippen LogP contribution in [0.1, 0.15) is 15.9 Å². The number of nitrogens with zero attached hydrogens (tertiary/aromatic N) is 2. The van der Waals surface area contributed by atoms with Gasteiger partial charge in [0.15, 0.2) is 11.5 Å². The first-order chi connectivity index (χ1) is 13.7. The lowest BCUT2D eigenvalue weighted by Gasteiger charge is -2.09. The van der Waals surface area contributed by atoms with Crippen molar-refractivity contribution in [1.82, 2.24) is 9.97 Å². The molecule has 3 aromatic rings. The average Bonchev–Trinajstić information content (AvgIpc) is 3.20. The number of aromatic nitrogens is 2. The molecule has 0 atom stereocenters. The summed E-state index contributed by atoms with van der Waals surface area (Å²) in [5.41, 5.74) is 2.18. The summed E-state index contributed by atoms with van der Waals surface area (Å²) in [4.78, 5) is 20.3. The van der Waals surface area contributed by atoms with Gasteiger partial charge in [0, 0.05) is 18.4 Å². The summed E-state index contributed by atoms with van der Waals surface area (Å²) in [5.74, 6) is 2.18. The summed E-state index contributed by atoms with van der Waals surface area (Å²) in [7, 11) is 1.35. The van der Waals surface area contributed by atoms with Gasteiger partial charge >= 0.3 is 5.97 Å². The minimum Gasteiger partial charge on any atom is -0.465 e. The Balaban J connectivity index is 1.42. The van der Waals surface area contributed by atoms with Crippen LogP contribution in [-0.2, 0) is 11.3 Å². The maximum Gasteiger partial charge on any atom is 0.337 e. The fourth-order valence-corrected chi connectivity index (χ4v) is 2.73. The summed E-state index contributed by atoms with van der Waals surface area (Å²) in [6.07, 6.45) is 1.65. The quantitative estimate of drug-likeness (QED) is 0.631. The maximum atomic E-state index is 11.7. The van der Waals surface area contributed by atoms with Gasteiger partial charge in [0.05, 0.1) is 12.7 Å². The van der Waals surface area contributed by atoms with Gasteiger partial charge < -0.3 is 24.8 Å². The van der Waals surface area contributed by atoms with Gasteiger partial charge in [-0.05, 0) is 42.0 Å². The second-order valence-electron chi connectivity index (χ2n) is 6.00. The van der Waals surface area contributed by atoms with Crippen molar-refractivity contribution < 1.29 is 19.0 Å². The summed E-state index contributed by atoms with van der Waals surface area (Å²) >= 11 is 0. The van der Waals surface area contributed by atoms with E-state index in [0.717, 1.165) is 17.1 Å². The molecule has 0 bridgehead atoms. The molecule has 142 valence electrons. The van der Waals surface area contributed by atoms with E-state index < -0.39 is 5.97 Å². The second-order valence-corrected chi connectivity index (χ2v) is 6.00. The van der Waals surface area contributed by atoms with Gasteiger partial charge in [0.25, 0.3) is 0 Å². The van der Waals surface area contributed by atoms with Gasteiger partial charge in [-0.2, -0.15) is 4.98 Å². The van der Waals surface area contributed by atoms with Crippen molar-refractivity contribution in [2.45, 2.75) is 6.54 Å². The highest BCUT2D eigenvalue weighted by molar-refractivity contribution is 5.90. The van der Waals surface area contributed by atoms with E-state index in [1.165, 1.54) is 7.11 Å². The molecule has 0 saturated carbocycles. The molecule has 0 aliphatic carbocycles. The van der Waals surface area contributed by atoms with Crippen LogP contribution in [-0.4, -0.2) is 29.8 Å². The van der Waals surface area contributed by atoms with Crippen molar-refractivity contribution in [3.05, 3.63) is 65.9 Å². The molecule has 0 unspecified atom stereocenters. The van der Waals surface area contributed by atoms with E-state index >= 15 is 0 Å². The van der Waals surface area contributed by atoms with E-state index in [1.54, 1.807) is 30.5 Å². The number of rotatable bonds is 6. The third-order valence-electron chi connectivity index (χ3n) is 4.11. The molecule has 0 radical (unpaired) electrons. The normalized spacial score (nSPS) is 11.8. The monoisotopic (exact) mass is 378 g/mol. The Hall–Kier alpha value is -3.81. The second kappa shape index (κ2) is 7.83. The highest BCUT2D eigenvalue weighted by Crippen LogP contribution is 2.32. The van der Waals surface area contributed by atoms with Gasteiger partial charge in [-0.15, -0.1) is 0 Å². The minimum atomic E-state index is -0.399. The highest BCUT2D eigenvalue weighted by Gasteiger charge is 2.13. The van der Waals surface area contributed by atoms with Gasteiger partial charge in [-0.3, -0.25) is 0 Å². The highest BCUT2D eigenvalue weighted by atomic mass is 16.7. The number of anilines is 3. The van der Waals surface area contributed by atoms with Crippen molar-refractivity contribution in [2.24, 2.45) is 0 Å². The number of nitrogens with one attached hydrogen (secondary N) is 2. The molecular formula is C20H18N4O4. The molecule has 8 heteroatoms. The van der Waals surface area contributed by atoms with E-state index in [9.17, 15) is 4.79 Å². The molecule has 2 aromatic carbocycles. The van der Waals surface area contributed by atoms with E-state index in [-0.39, 0.29) is 6.79 Å². The van der Waals surface area contributed by atoms with Crippen molar-refractivity contribution in [3.8, 4) is 11.5 Å². The van der Waals surface area contributed by atoms with E-state index in [1.807, 2.05) is 24.3 Å². The van der Waals surface area contributed by atoms with Gasteiger partial charge in [-0.25, -0.2) is 9.78 Å².